The van der Waals surface area contributed by atoms with Gasteiger partial charge in [-0.15, -0.1) is 0 Å². The van der Waals surface area contributed by atoms with Gasteiger partial charge in [0.2, 0.25) is 16.9 Å². The highest BCUT2D eigenvalue weighted by Crippen LogP contribution is 2.31. The van der Waals surface area contributed by atoms with Gasteiger partial charge in [-0.25, -0.2) is 0 Å². The van der Waals surface area contributed by atoms with Crippen LogP contribution in [0.5, 0.6) is 5.75 Å². The molecule has 1 amide bonds. The average Bonchev–Trinajstić information content (AvgIpc) is 3.15. The number of hydrogen-bond donors (Lipinski definition) is 1. The van der Waals surface area contributed by atoms with E-state index in [9.17, 15) is 9.59 Å². The minimum absolute atomic E-state index is 0.0343. The highest BCUT2D eigenvalue weighted by Gasteiger charge is 2.20. The lowest BCUT2D eigenvalue weighted by Crippen LogP contribution is -2.36. The molecule has 3 aromatic rings. The quantitative estimate of drug-likeness (QED) is 0.743. The Morgan fingerprint density at radius 1 is 1.24 bits per heavy atom. The highest BCUT2D eigenvalue weighted by atomic mass is 16.5. The molecule has 1 atom stereocenters. The molecular weight excluding hydrogens is 322 g/mol. The van der Waals surface area contributed by atoms with E-state index in [4.69, 9.17) is 13.6 Å². The van der Waals surface area contributed by atoms with Crippen molar-refractivity contribution >= 4 is 16.9 Å². The van der Waals surface area contributed by atoms with Gasteiger partial charge in [0.1, 0.15) is 5.58 Å². The summed E-state index contributed by atoms with van der Waals surface area (Å²) >= 11 is 0. The minimum atomic E-state index is -0.343. The van der Waals surface area contributed by atoms with Crippen molar-refractivity contribution in [1.82, 2.24) is 5.32 Å². The molecule has 130 valence electrons. The molecule has 0 saturated carbocycles. The zero-order valence-corrected chi connectivity index (χ0v) is 14.1. The summed E-state index contributed by atoms with van der Waals surface area (Å²) in [5.41, 5.74) is 0.0832. The summed E-state index contributed by atoms with van der Waals surface area (Å²) in [7, 11) is 0. The highest BCUT2D eigenvalue weighted by molar-refractivity contribution is 5.82. The van der Waals surface area contributed by atoms with E-state index in [1.54, 1.807) is 36.4 Å². The summed E-state index contributed by atoms with van der Waals surface area (Å²) < 4.78 is 16.7. The van der Waals surface area contributed by atoms with Crippen molar-refractivity contribution in [3.05, 3.63) is 52.9 Å². The average molecular weight is 341 g/mol. The standard InChI is InChI=1S/C19H19NO5/c1-3-12(2)20-16(21)11-24-19-17(22)13-7-4-5-8-14(13)25-18(19)15-9-6-10-23-15/h4-10,12H,3,11H2,1-2H3,(H,20,21)/t12-/m0/s1. The van der Waals surface area contributed by atoms with E-state index in [0.717, 1.165) is 6.42 Å². The van der Waals surface area contributed by atoms with Crippen LogP contribution in [0.3, 0.4) is 0 Å². The van der Waals surface area contributed by atoms with Gasteiger partial charge in [0, 0.05) is 6.04 Å². The summed E-state index contributed by atoms with van der Waals surface area (Å²) in [5, 5.41) is 3.18. The molecule has 2 aromatic heterocycles. The monoisotopic (exact) mass is 341 g/mol. The Morgan fingerprint density at radius 2 is 2.04 bits per heavy atom. The normalized spacial score (nSPS) is 12.1. The lowest BCUT2D eigenvalue weighted by Gasteiger charge is -2.13. The molecule has 0 bridgehead atoms. The Hall–Kier alpha value is -3.02. The fraction of sp³-hybridized carbons (Fsp3) is 0.263. The van der Waals surface area contributed by atoms with Crippen LogP contribution in [0.4, 0.5) is 0 Å². The summed E-state index contributed by atoms with van der Waals surface area (Å²) in [6, 6.07) is 10.3. The topological polar surface area (TPSA) is 81.7 Å². The van der Waals surface area contributed by atoms with Crippen molar-refractivity contribution in [2.75, 3.05) is 6.61 Å². The van der Waals surface area contributed by atoms with Gasteiger partial charge in [0.25, 0.3) is 5.91 Å². The van der Waals surface area contributed by atoms with E-state index < -0.39 is 0 Å². The lowest BCUT2D eigenvalue weighted by atomic mass is 10.2. The second kappa shape index (κ2) is 7.25. The number of fused-ring (bicyclic) bond motifs is 1. The van der Waals surface area contributed by atoms with Gasteiger partial charge in [0.15, 0.2) is 12.4 Å². The molecule has 0 aliphatic rings. The molecule has 3 rings (SSSR count). The zero-order chi connectivity index (χ0) is 17.8. The third kappa shape index (κ3) is 3.57. The molecule has 1 aromatic carbocycles. The number of hydrogen-bond acceptors (Lipinski definition) is 5. The first kappa shape index (κ1) is 16.8. The van der Waals surface area contributed by atoms with E-state index in [-0.39, 0.29) is 35.5 Å². The Morgan fingerprint density at radius 3 is 2.76 bits per heavy atom. The number of amides is 1. The van der Waals surface area contributed by atoms with E-state index >= 15 is 0 Å². The van der Waals surface area contributed by atoms with E-state index in [1.165, 1.54) is 6.26 Å². The van der Waals surface area contributed by atoms with Crippen LogP contribution in [0, 0.1) is 0 Å². The molecule has 6 heteroatoms. The Bertz CT molecular complexity index is 927. The number of benzene rings is 1. The molecule has 0 aliphatic carbocycles. The van der Waals surface area contributed by atoms with Crippen molar-refractivity contribution in [2.24, 2.45) is 0 Å². The molecule has 0 spiro atoms. The van der Waals surface area contributed by atoms with Crippen molar-refractivity contribution in [3.63, 3.8) is 0 Å². The second-order valence-corrected chi connectivity index (χ2v) is 5.73. The van der Waals surface area contributed by atoms with Gasteiger partial charge < -0.3 is 18.9 Å². The molecule has 25 heavy (non-hydrogen) atoms. The fourth-order valence-electron chi connectivity index (χ4n) is 2.38. The van der Waals surface area contributed by atoms with Crippen LogP contribution >= 0.6 is 0 Å². The molecule has 0 radical (unpaired) electrons. The smallest absolute Gasteiger partial charge is 0.258 e. The first-order valence-corrected chi connectivity index (χ1v) is 8.12. The van der Waals surface area contributed by atoms with Crippen LogP contribution in [0.2, 0.25) is 0 Å². The van der Waals surface area contributed by atoms with Crippen molar-refractivity contribution in [2.45, 2.75) is 26.3 Å². The summed E-state index contributed by atoms with van der Waals surface area (Å²) in [6.45, 7) is 3.59. The van der Waals surface area contributed by atoms with Gasteiger partial charge in [-0.05, 0) is 37.6 Å². The predicted molar refractivity (Wildman–Crippen MR) is 93.6 cm³/mol. The number of rotatable bonds is 6. The second-order valence-electron chi connectivity index (χ2n) is 5.73. The SMILES string of the molecule is CC[C@H](C)NC(=O)COc1c(-c2ccco2)oc2ccccc2c1=O. The summed E-state index contributed by atoms with van der Waals surface area (Å²) in [4.78, 5) is 24.7. The molecular formula is C19H19NO5. The van der Waals surface area contributed by atoms with E-state index in [0.29, 0.717) is 16.7 Å². The number of carbonyl (C=O) groups is 1. The van der Waals surface area contributed by atoms with E-state index in [1.807, 2.05) is 13.8 Å². The van der Waals surface area contributed by atoms with Gasteiger partial charge in [-0.1, -0.05) is 19.1 Å². The molecule has 0 unspecified atom stereocenters. The predicted octanol–water partition coefficient (Wildman–Crippen LogP) is 3.35. The number of para-hydroxylation sites is 1. The largest absolute Gasteiger partial charge is 0.476 e. The van der Waals surface area contributed by atoms with Crippen molar-refractivity contribution in [1.29, 1.82) is 0 Å². The maximum atomic E-state index is 12.8. The fourth-order valence-corrected chi connectivity index (χ4v) is 2.38. The van der Waals surface area contributed by atoms with Crippen LogP contribution in [-0.4, -0.2) is 18.6 Å². The van der Waals surface area contributed by atoms with Gasteiger partial charge >= 0.3 is 0 Å². The van der Waals surface area contributed by atoms with Crippen LogP contribution in [-0.2, 0) is 4.79 Å². The minimum Gasteiger partial charge on any atom is -0.476 e. The summed E-state index contributed by atoms with van der Waals surface area (Å²) in [5.74, 6) is 0.200. The number of carbonyl (C=O) groups excluding carboxylic acids is 1. The number of ether oxygens (including phenoxy) is 1. The number of furan rings is 1. The van der Waals surface area contributed by atoms with Crippen LogP contribution in [0.1, 0.15) is 20.3 Å². The van der Waals surface area contributed by atoms with Crippen LogP contribution in [0.15, 0.2) is 56.3 Å². The van der Waals surface area contributed by atoms with Gasteiger partial charge in [0.05, 0.1) is 11.6 Å². The molecule has 0 fully saturated rings. The van der Waals surface area contributed by atoms with E-state index in [2.05, 4.69) is 5.32 Å². The molecule has 6 nitrogen and oxygen atoms in total. The van der Waals surface area contributed by atoms with Crippen molar-refractivity contribution in [3.8, 4) is 17.3 Å². The van der Waals surface area contributed by atoms with Crippen LogP contribution < -0.4 is 15.5 Å². The zero-order valence-electron chi connectivity index (χ0n) is 14.1. The Balaban J connectivity index is 1.98. The van der Waals surface area contributed by atoms with Gasteiger partial charge in [-0.2, -0.15) is 0 Å². The maximum absolute atomic E-state index is 12.8. The first-order valence-electron chi connectivity index (χ1n) is 8.12. The molecule has 0 saturated heterocycles. The van der Waals surface area contributed by atoms with Crippen LogP contribution in [0.25, 0.3) is 22.5 Å². The van der Waals surface area contributed by atoms with Gasteiger partial charge in [-0.3, -0.25) is 9.59 Å². The third-order valence-electron chi connectivity index (χ3n) is 3.87. The Labute approximate surface area is 144 Å². The Kier molecular flexibility index (Phi) is 4.88. The molecule has 1 N–H and O–H groups in total. The number of nitrogens with one attached hydrogen (secondary N) is 1. The first-order chi connectivity index (χ1) is 12.1. The maximum Gasteiger partial charge on any atom is 0.258 e. The summed E-state index contributed by atoms with van der Waals surface area (Å²) in [6.07, 6.45) is 2.28. The molecule has 2 heterocycles. The van der Waals surface area contributed by atoms with Crippen molar-refractivity contribution < 1.29 is 18.4 Å². The molecule has 0 aliphatic heterocycles. The third-order valence-corrected chi connectivity index (χ3v) is 3.87. The lowest BCUT2D eigenvalue weighted by molar-refractivity contribution is -0.123.